The standard InChI is InChI=1S/C25H37N/c1-3-4-5-6-20-7-11-22(12-8-20)24-15-16-25(19(2)17-24)23-13-9-21(18-26)10-14-23/h9-10,13-14,19-20,22,24-25H,3-8,11-12,15-17H2,1-2H3/t19-,20?,22?,24?,25-/m1/s1. The maximum atomic E-state index is 9.00. The molecule has 0 N–H and O–H groups in total. The third-order valence-corrected chi connectivity index (χ3v) is 7.45. The Morgan fingerprint density at radius 1 is 0.923 bits per heavy atom. The molecule has 0 aromatic heterocycles. The highest BCUT2D eigenvalue weighted by atomic mass is 14.4. The van der Waals surface area contributed by atoms with Crippen molar-refractivity contribution in [1.29, 1.82) is 5.26 Å². The van der Waals surface area contributed by atoms with Gasteiger partial charge in [-0.3, -0.25) is 0 Å². The van der Waals surface area contributed by atoms with Crippen molar-refractivity contribution < 1.29 is 0 Å². The molecule has 0 bridgehead atoms. The normalized spacial score (nSPS) is 32.1. The van der Waals surface area contributed by atoms with E-state index in [-0.39, 0.29) is 0 Å². The number of benzene rings is 1. The predicted octanol–water partition coefficient (Wildman–Crippen LogP) is 7.46. The van der Waals surface area contributed by atoms with Gasteiger partial charge in [0.25, 0.3) is 0 Å². The van der Waals surface area contributed by atoms with Gasteiger partial charge in [0, 0.05) is 0 Å². The second-order valence-electron chi connectivity index (χ2n) is 9.17. The van der Waals surface area contributed by atoms with Crippen molar-refractivity contribution >= 4 is 0 Å². The van der Waals surface area contributed by atoms with E-state index in [2.05, 4.69) is 32.0 Å². The number of hydrogen-bond acceptors (Lipinski definition) is 1. The molecular weight excluding hydrogens is 314 g/mol. The fourth-order valence-corrected chi connectivity index (χ4v) is 5.80. The lowest BCUT2D eigenvalue weighted by atomic mass is 9.65. The van der Waals surface area contributed by atoms with Crippen LogP contribution in [0.1, 0.15) is 102 Å². The number of nitriles is 1. The largest absolute Gasteiger partial charge is 0.192 e. The maximum Gasteiger partial charge on any atom is 0.0991 e. The summed E-state index contributed by atoms with van der Waals surface area (Å²) in [6, 6.07) is 10.6. The molecule has 0 spiro atoms. The fraction of sp³-hybridized carbons (Fsp3) is 0.720. The lowest BCUT2D eigenvalue weighted by Crippen LogP contribution is -2.29. The van der Waals surface area contributed by atoms with Crippen molar-refractivity contribution in [1.82, 2.24) is 0 Å². The van der Waals surface area contributed by atoms with Gasteiger partial charge in [0.2, 0.25) is 0 Å². The van der Waals surface area contributed by atoms with Crippen LogP contribution >= 0.6 is 0 Å². The van der Waals surface area contributed by atoms with Crippen LogP contribution in [0.15, 0.2) is 24.3 Å². The van der Waals surface area contributed by atoms with Crippen LogP contribution in [0.4, 0.5) is 0 Å². The lowest BCUT2D eigenvalue weighted by molar-refractivity contribution is 0.130. The van der Waals surface area contributed by atoms with E-state index in [9.17, 15) is 0 Å². The van der Waals surface area contributed by atoms with Crippen LogP contribution in [0.3, 0.4) is 0 Å². The number of hydrogen-bond donors (Lipinski definition) is 0. The highest BCUT2D eigenvalue weighted by molar-refractivity contribution is 5.33. The van der Waals surface area contributed by atoms with E-state index in [0.717, 1.165) is 29.2 Å². The van der Waals surface area contributed by atoms with Crippen molar-refractivity contribution in [2.75, 3.05) is 0 Å². The first-order valence-electron chi connectivity index (χ1n) is 11.2. The summed E-state index contributed by atoms with van der Waals surface area (Å²) in [7, 11) is 0. The Hall–Kier alpha value is -1.29. The zero-order valence-electron chi connectivity index (χ0n) is 16.9. The van der Waals surface area contributed by atoms with Crippen molar-refractivity contribution in [2.45, 2.75) is 90.4 Å². The van der Waals surface area contributed by atoms with Gasteiger partial charge in [0.15, 0.2) is 0 Å². The second-order valence-corrected chi connectivity index (χ2v) is 9.17. The third kappa shape index (κ3) is 4.91. The van der Waals surface area contributed by atoms with Gasteiger partial charge < -0.3 is 0 Å². The van der Waals surface area contributed by atoms with Crippen molar-refractivity contribution in [3.63, 3.8) is 0 Å². The van der Waals surface area contributed by atoms with E-state index in [1.165, 1.54) is 76.2 Å². The molecule has 1 aromatic carbocycles. The maximum absolute atomic E-state index is 9.00. The third-order valence-electron chi connectivity index (χ3n) is 7.45. The van der Waals surface area contributed by atoms with E-state index in [1.807, 2.05) is 12.1 Å². The van der Waals surface area contributed by atoms with E-state index in [4.69, 9.17) is 5.26 Å². The molecule has 0 radical (unpaired) electrons. The average molecular weight is 352 g/mol. The minimum Gasteiger partial charge on any atom is -0.192 e. The molecule has 3 atom stereocenters. The molecule has 1 unspecified atom stereocenters. The van der Waals surface area contributed by atoms with E-state index >= 15 is 0 Å². The van der Waals surface area contributed by atoms with Crippen LogP contribution in [0.2, 0.25) is 0 Å². The lowest BCUT2D eigenvalue weighted by Gasteiger charge is -2.41. The summed E-state index contributed by atoms with van der Waals surface area (Å²) < 4.78 is 0. The predicted molar refractivity (Wildman–Crippen MR) is 110 cm³/mol. The van der Waals surface area contributed by atoms with Crippen LogP contribution in [0.5, 0.6) is 0 Å². The summed E-state index contributed by atoms with van der Waals surface area (Å²) in [6.07, 6.45) is 15.9. The van der Waals surface area contributed by atoms with Gasteiger partial charge in [-0.25, -0.2) is 0 Å². The Balaban J connectivity index is 1.47. The molecule has 26 heavy (non-hydrogen) atoms. The fourth-order valence-electron chi connectivity index (χ4n) is 5.80. The molecule has 142 valence electrons. The molecule has 1 aromatic rings. The molecule has 2 aliphatic rings. The van der Waals surface area contributed by atoms with Gasteiger partial charge in [-0.2, -0.15) is 5.26 Å². The van der Waals surface area contributed by atoms with E-state index < -0.39 is 0 Å². The topological polar surface area (TPSA) is 23.8 Å². The summed E-state index contributed by atoms with van der Waals surface area (Å²) in [5.41, 5.74) is 2.24. The SMILES string of the molecule is CCCCCC1CCC(C2CC[C@@H](c3ccc(C#N)cc3)[C@H](C)C2)CC1. The Kier molecular flexibility index (Phi) is 7.18. The Morgan fingerprint density at radius 3 is 2.23 bits per heavy atom. The highest BCUT2D eigenvalue weighted by Gasteiger charge is 2.34. The molecule has 0 aliphatic heterocycles. The first kappa shape index (κ1) is 19.5. The molecule has 0 amide bonds. The summed E-state index contributed by atoms with van der Waals surface area (Å²) in [5.74, 6) is 4.48. The van der Waals surface area contributed by atoms with Gasteiger partial charge in [-0.1, -0.05) is 64.5 Å². The zero-order valence-corrected chi connectivity index (χ0v) is 16.9. The molecule has 2 saturated carbocycles. The van der Waals surface area contributed by atoms with Gasteiger partial charge in [0.05, 0.1) is 11.6 Å². The van der Waals surface area contributed by atoms with Crippen LogP contribution in [0, 0.1) is 35.0 Å². The van der Waals surface area contributed by atoms with Gasteiger partial charge in [-0.15, -0.1) is 0 Å². The van der Waals surface area contributed by atoms with Crippen LogP contribution in [-0.4, -0.2) is 0 Å². The molecule has 1 heteroatoms. The number of rotatable bonds is 6. The molecule has 2 fully saturated rings. The first-order valence-corrected chi connectivity index (χ1v) is 11.2. The van der Waals surface area contributed by atoms with Gasteiger partial charge in [-0.05, 0) is 79.4 Å². The number of nitrogens with zero attached hydrogens (tertiary/aromatic N) is 1. The molecule has 1 nitrogen and oxygen atoms in total. The molecule has 3 rings (SSSR count). The van der Waals surface area contributed by atoms with Gasteiger partial charge in [0.1, 0.15) is 0 Å². The van der Waals surface area contributed by atoms with Crippen molar-refractivity contribution in [2.24, 2.45) is 23.7 Å². The van der Waals surface area contributed by atoms with Crippen LogP contribution in [0.25, 0.3) is 0 Å². The van der Waals surface area contributed by atoms with Crippen LogP contribution < -0.4 is 0 Å². The van der Waals surface area contributed by atoms with Crippen LogP contribution in [-0.2, 0) is 0 Å². The van der Waals surface area contributed by atoms with Crippen molar-refractivity contribution in [3.05, 3.63) is 35.4 Å². The first-order chi connectivity index (χ1) is 12.7. The van der Waals surface area contributed by atoms with E-state index in [1.54, 1.807) is 0 Å². The Labute approximate surface area is 161 Å². The summed E-state index contributed by atoms with van der Waals surface area (Å²) in [4.78, 5) is 0. The average Bonchev–Trinajstić information content (AvgIpc) is 2.69. The van der Waals surface area contributed by atoms with E-state index in [0.29, 0.717) is 5.92 Å². The Morgan fingerprint density at radius 2 is 1.62 bits per heavy atom. The summed E-state index contributed by atoms with van der Waals surface area (Å²) in [5, 5.41) is 9.00. The Bertz CT molecular complexity index is 573. The summed E-state index contributed by atoms with van der Waals surface area (Å²) >= 11 is 0. The molecular formula is C25H37N. The monoisotopic (exact) mass is 351 g/mol. The highest BCUT2D eigenvalue weighted by Crippen LogP contribution is 2.46. The molecule has 0 heterocycles. The second kappa shape index (κ2) is 9.59. The molecule has 0 saturated heterocycles. The summed E-state index contributed by atoms with van der Waals surface area (Å²) in [6.45, 7) is 4.78. The quantitative estimate of drug-likeness (QED) is 0.488. The minimum absolute atomic E-state index is 0.698. The number of unbranched alkanes of at least 4 members (excludes halogenated alkanes) is 2. The minimum atomic E-state index is 0.698. The van der Waals surface area contributed by atoms with Gasteiger partial charge >= 0.3 is 0 Å². The zero-order chi connectivity index (χ0) is 18.4. The smallest absolute Gasteiger partial charge is 0.0991 e. The molecule has 2 aliphatic carbocycles. The van der Waals surface area contributed by atoms with Crippen molar-refractivity contribution in [3.8, 4) is 6.07 Å².